The van der Waals surface area contributed by atoms with Crippen molar-refractivity contribution in [3.8, 4) is 0 Å². The molecule has 0 aromatic rings. The Balaban J connectivity index is 1.97. The van der Waals surface area contributed by atoms with Crippen LogP contribution in [0.15, 0.2) is 22.3 Å². The van der Waals surface area contributed by atoms with Gasteiger partial charge in [-0.05, 0) is 52.4 Å². The van der Waals surface area contributed by atoms with Crippen LogP contribution in [0.3, 0.4) is 0 Å². The first kappa shape index (κ1) is 7.84. The lowest BCUT2D eigenvalue weighted by molar-refractivity contribution is 0.716. The Morgan fingerprint density at radius 2 is 1.23 bits per heavy atom. The monoisotopic (exact) mass is 174 g/mol. The second-order valence-corrected chi connectivity index (χ2v) is 5.04. The summed E-state index contributed by atoms with van der Waals surface area (Å²) in [6.07, 6.45) is 8.48. The number of rotatable bonds is 2. The molecule has 0 spiro atoms. The smallest absolute Gasteiger partial charge is 0.0121 e. The summed E-state index contributed by atoms with van der Waals surface area (Å²) in [5, 5.41) is 0. The Morgan fingerprint density at radius 1 is 0.846 bits per heavy atom. The van der Waals surface area contributed by atoms with E-state index in [0.29, 0.717) is 5.41 Å². The average molecular weight is 174 g/mol. The van der Waals surface area contributed by atoms with Crippen LogP contribution in [0.1, 0.15) is 52.4 Å². The van der Waals surface area contributed by atoms with E-state index >= 15 is 0 Å². The van der Waals surface area contributed by atoms with Gasteiger partial charge in [-0.2, -0.15) is 0 Å². The van der Waals surface area contributed by atoms with E-state index in [0.717, 1.165) is 0 Å². The lowest BCUT2D eigenvalue weighted by Crippen LogP contribution is -2.04. The van der Waals surface area contributed by atoms with Gasteiger partial charge < -0.3 is 0 Å². The van der Waals surface area contributed by atoms with Gasteiger partial charge in [0.25, 0.3) is 0 Å². The Bertz CT molecular complexity index is 282. The van der Waals surface area contributed by atoms with Crippen molar-refractivity contribution in [2.45, 2.75) is 52.4 Å². The van der Waals surface area contributed by atoms with Gasteiger partial charge in [0.05, 0.1) is 0 Å². The molecule has 70 valence electrons. The minimum absolute atomic E-state index is 0.595. The van der Waals surface area contributed by atoms with Crippen LogP contribution in [0.2, 0.25) is 0 Å². The quantitative estimate of drug-likeness (QED) is 0.555. The fourth-order valence-electron chi connectivity index (χ4n) is 2.71. The Kier molecular flexibility index (Phi) is 1.38. The molecule has 0 heteroatoms. The van der Waals surface area contributed by atoms with Crippen LogP contribution in [0.5, 0.6) is 0 Å². The predicted molar refractivity (Wildman–Crippen MR) is 55.5 cm³/mol. The third-order valence-electron chi connectivity index (χ3n) is 4.25. The molecule has 0 heterocycles. The zero-order valence-corrected chi connectivity index (χ0v) is 8.74. The molecular weight excluding hydrogens is 156 g/mol. The van der Waals surface area contributed by atoms with Crippen molar-refractivity contribution in [2.24, 2.45) is 5.41 Å². The van der Waals surface area contributed by atoms with Crippen LogP contribution in [-0.4, -0.2) is 0 Å². The summed E-state index contributed by atoms with van der Waals surface area (Å²) in [6, 6.07) is 0. The third kappa shape index (κ3) is 1.11. The minimum atomic E-state index is 0.595. The zero-order chi connectivity index (χ0) is 9.05. The van der Waals surface area contributed by atoms with Gasteiger partial charge in [0, 0.05) is 5.41 Å². The molecule has 0 amide bonds. The predicted octanol–water partition coefficient (Wildman–Crippen LogP) is 3.99. The van der Waals surface area contributed by atoms with Crippen LogP contribution in [-0.2, 0) is 0 Å². The van der Waals surface area contributed by atoms with Gasteiger partial charge in [0.1, 0.15) is 0 Å². The average Bonchev–Trinajstić information content (AvgIpc) is 3.07. The first-order chi connectivity index (χ1) is 6.24. The highest BCUT2D eigenvalue weighted by Crippen LogP contribution is 2.62. The first-order valence-electron chi connectivity index (χ1n) is 5.62. The Morgan fingerprint density at radius 3 is 1.46 bits per heavy atom. The molecule has 0 radical (unpaired) electrons. The fraction of sp³-hybridized carbons (Fsp3) is 0.692. The Labute approximate surface area is 80.7 Å². The minimum Gasteiger partial charge on any atom is -0.0698 e. The van der Waals surface area contributed by atoms with Gasteiger partial charge in [0.15, 0.2) is 0 Å². The highest BCUT2D eigenvalue weighted by molar-refractivity contribution is 5.44. The molecule has 3 aliphatic rings. The summed E-state index contributed by atoms with van der Waals surface area (Å²) >= 11 is 0. The third-order valence-corrected chi connectivity index (χ3v) is 4.25. The lowest BCUT2D eigenvalue weighted by Gasteiger charge is -2.17. The number of hydrogen-bond donors (Lipinski definition) is 0. The second-order valence-electron chi connectivity index (χ2n) is 5.04. The van der Waals surface area contributed by atoms with Gasteiger partial charge in [-0.1, -0.05) is 22.3 Å². The van der Waals surface area contributed by atoms with E-state index in [1.165, 1.54) is 38.5 Å². The molecule has 0 aliphatic heterocycles. The topological polar surface area (TPSA) is 0 Å². The van der Waals surface area contributed by atoms with Crippen molar-refractivity contribution < 1.29 is 0 Å². The molecule has 0 nitrogen and oxygen atoms in total. The summed E-state index contributed by atoms with van der Waals surface area (Å²) in [5.41, 5.74) is 7.66. The number of hydrogen-bond acceptors (Lipinski definition) is 0. The van der Waals surface area contributed by atoms with Crippen molar-refractivity contribution in [3.05, 3.63) is 22.3 Å². The van der Waals surface area contributed by atoms with Crippen LogP contribution in [0.4, 0.5) is 0 Å². The molecule has 3 fully saturated rings. The molecule has 0 atom stereocenters. The fourth-order valence-corrected chi connectivity index (χ4v) is 2.71. The second kappa shape index (κ2) is 2.29. The van der Waals surface area contributed by atoms with E-state index in [4.69, 9.17) is 0 Å². The molecule has 3 rings (SSSR count). The molecule has 3 saturated carbocycles. The van der Waals surface area contributed by atoms with Gasteiger partial charge >= 0.3 is 0 Å². The van der Waals surface area contributed by atoms with Gasteiger partial charge in [0.2, 0.25) is 0 Å². The standard InChI is InChI=1S/C13H18/c1-9(11-3-4-11)13(7-8-13)10(2)12-5-6-12/h3-8H2,1-2H3. The van der Waals surface area contributed by atoms with Crippen molar-refractivity contribution in [1.29, 1.82) is 0 Å². The molecule has 0 bridgehead atoms. The van der Waals surface area contributed by atoms with Crippen molar-refractivity contribution in [3.63, 3.8) is 0 Å². The first-order valence-corrected chi connectivity index (χ1v) is 5.62. The van der Waals surface area contributed by atoms with Gasteiger partial charge in [-0.3, -0.25) is 0 Å². The van der Waals surface area contributed by atoms with Crippen molar-refractivity contribution >= 4 is 0 Å². The molecule has 13 heavy (non-hydrogen) atoms. The molecule has 0 aromatic carbocycles. The molecule has 0 aromatic heterocycles. The largest absolute Gasteiger partial charge is 0.0698 e. The van der Waals surface area contributed by atoms with E-state index in [2.05, 4.69) is 13.8 Å². The van der Waals surface area contributed by atoms with Gasteiger partial charge in [-0.25, -0.2) is 0 Å². The molecular formula is C13H18. The summed E-state index contributed by atoms with van der Waals surface area (Å²) in [7, 11) is 0. The molecule has 0 saturated heterocycles. The summed E-state index contributed by atoms with van der Waals surface area (Å²) in [6.45, 7) is 4.78. The molecule has 0 unspecified atom stereocenters. The van der Waals surface area contributed by atoms with Crippen LogP contribution >= 0.6 is 0 Å². The normalized spacial score (nSPS) is 27.2. The van der Waals surface area contributed by atoms with E-state index in [-0.39, 0.29) is 0 Å². The maximum atomic E-state index is 2.39. The van der Waals surface area contributed by atoms with Crippen LogP contribution in [0.25, 0.3) is 0 Å². The van der Waals surface area contributed by atoms with Crippen LogP contribution in [0, 0.1) is 5.41 Å². The van der Waals surface area contributed by atoms with Gasteiger partial charge in [-0.15, -0.1) is 0 Å². The summed E-state index contributed by atoms with van der Waals surface area (Å²) in [5.74, 6) is 0. The maximum Gasteiger partial charge on any atom is 0.0121 e. The summed E-state index contributed by atoms with van der Waals surface area (Å²) in [4.78, 5) is 0. The Hall–Kier alpha value is -0.520. The molecule has 3 aliphatic carbocycles. The summed E-state index contributed by atoms with van der Waals surface area (Å²) < 4.78 is 0. The molecule has 0 N–H and O–H groups in total. The van der Waals surface area contributed by atoms with E-state index in [9.17, 15) is 0 Å². The van der Waals surface area contributed by atoms with E-state index in [1.54, 1.807) is 22.3 Å². The van der Waals surface area contributed by atoms with Crippen molar-refractivity contribution in [2.75, 3.05) is 0 Å². The maximum absolute atomic E-state index is 2.39. The van der Waals surface area contributed by atoms with E-state index < -0.39 is 0 Å². The van der Waals surface area contributed by atoms with E-state index in [1.807, 2.05) is 0 Å². The van der Waals surface area contributed by atoms with Crippen LogP contribution < -0.4 is 0 Å². The SMILES string of the molecule is CC(=C1CC1)C1(C(C)=C2CC2)CC1. The highest BCUT2D eigenvalue weighted by atomic mass is 14.5. The lowest BCUT2D eigenvalue weighted by atomic mass is 9.88. The number of allylic oxidation sites excluding steroid dienone is 4. The zero-order valence-electron chi connectivity index (χ0n) is 8.74. The highest BCUT2D eigenvalue weighted by Gasteiger charge is 2.49. The van der Waals surface area contributed by atoms with Crippen molar-refractivity contribution in [1.82, 2.24) is 0 Å².